The minimum absolute atomic E-state index is 0.0570. The normalized spacial score (nSPS) is 17.4. The highest BCUT2D eigenvalue weighted by Crippen LogP contribution is 2.15. The molecule has 1 aliphatic heterocycles. The largest absolute Gasteiger partial charge is 0.376 e. The van der Waals surface area contributed by atoms with Crippen LogP contribution in [0, 0.1) is 0 Å². The summed E-state index contributed by atoms with van der Waals surface area (Å²) in [5.74, 6) is 0.0570. The van der Waals surface area contributed by atoms with E-state index < -0.39 is 0 Å². The van der Waals surface area contributed by atoms with E-state index >= 15 is 0 Å². The molecule has 2 heterocycles. The molecule has 1 atom stereocenters. The third-order valence-corrected chi connectivity index (χ3v) is 4.54. The molecular weight excluding hydrogens is 314 g/mol. The molecule has 0 aliphatic carbocycles. The number of benzene rings is 1. The summed E-state index contributed by atoms with van der Waals surface area (Å²) in [4.78, 5) is 12.1. The lowest BCUT2D eigenvalue weighted by Gasteiger charge is -2.22. The van der Waals surface area contributed by atoms with E-state index in [1.165, 1.54) is 12.0 Å². The van der Waals surface area contributed by atoms with Crippen LogP contribution in [0.2, 0.25) is 0 Å². The summed E-state index contributed by atoms with van der Waals surface area (Å²) in [5.41, 5.74) is 2.10. The van der Waals surface area contributed by atoms with Crippen LogP contribution in [-0.2, 0) is 22.5 Å². The standard InChI is InChI=1S/C20H27N3O2/c24-20(12-5-4-10-17-8-2-1-3-9-17)22-18-14-21-23(15-18)16-19-11-6-7-13-25-19/h1-3,8-9,14-15,19H,4-7,10-13,16H2,(H,22,24). The van der Waals surface area contributed by atoms with Crippen LogP contribution in [0.25, 0.3) is 0 Å². The Morgan fingerprint density at radius 1 is 1.24 bits per heavy atom. The van der Waals surface area contributed by atoms with E-state index in [4.69, 9.17) is 4.74 Å². The van der Waals surface area contributed by atoms with Gasteiger partial charge in [-0.1, -0.05) is 30.3 Å². The number of unbranched alkanes of at least 4 members (excludes halogenated alkanes) is 1. The van der Waals surface area contributed by atoms with Crippen LogP contribution in [0.15, 0.2) is 42.7 Å². The zero-order chi connectivity index (χ0) is 17.3. The molecule has 1 unspecified atom stereocenters. The van der Waals surface area contributed by atoms with Gasteiger partial charge in [0.05, 0.1) is 24.5 Å². The number of aryl methyl sites for hydroxylation is 1. The summed E-state index contributed by atoms with van der Waals surface area (Å²) < 4.78 is 7.59. The smallest absolute Gasteiger partial charge is 0.224 e. The van der Waals surface area contributed by atoms with Crippen molar-refractivity contribution in [2.75, 3.05) is 11.9 Å². The van der Waals surface area contributed by atoms with Crippen LogP contribution < -0.4 is 5.32 Å². The Morgan fingerprint density at radius 3 is 2.92 bits per heavy atom. The van der Waals surface area contributed by atoms with E-state index in [0.29, 0.717) is 6.42 Å². The number of hydrogen-bond acceptors (Lipinski definition) is 3. The molecular formula is C20H27N3O2. The lowest BCUT2D eigenvalue weighted by Crippen LogP contribution is -2.24. The van der Waals surface area contributed by atoms with E-state index in [0.717, 1.165) is 50.9 Å². The average Bonchev–Trinajstić information content (AvgIpc) is 3.07. The molecule has 5 heteroatoms. The van der Waals surface area contributed by atoms with E-state index in [-0.39, 0.29) is 12.0 Å². The minimum atomic E-state index is 0.0570. The van der Waals surface area contributed by atoms with Gasteiger partial charge in [-0.2, -0.15) is 5.10 Å². The van der Waals surface area contributed by atoms with Crippen molar-refractivity contribution in [3.05, 3.63) is 48.3 Å². The lowest BCUT2D eigenvalue weighted by atomic mass is 10.1. The lowest BCUT2D eigenvalue weighted by molar-refractivity contribution is -0.116. The molecule has 5 nitrogen and oxygen atoms in total. The molecule has 0 saturated carbocycles. The predicted octanol–water partition coefficient (Wildman–Crippen LogP) is 3.80. The van der Waals surface area contributed by atoms with Crippen molar-refractivity contribution in [2.45, 2.75) is 57.6 Å². The number of nitrogens with one attached hydrogen (secondary N) is 1. The van der Waals surface area contributed by atoms with E-state index in [2.05, 4.69) is 34.7 Å². The zero-order valence-electron chi connectivity index (χ0n) is 14.7. The first-order valence-electron chi connectivity index (χ1n) is 9.27. The van der Waals surface area contributed by atoms with Gasteiger partial charge in [-0.3, -0.25) is 9.48 Å². The second-order valence-electron chi connectivity index (χ2n) is 6.68. The number of amides is 1. The number of anilines is 1. The van der Waals surface area contributed by atoms with Gasteiger partial charge in [-0.05, 0) is 44.1 Å². The molecule has 1 aromatic carbocycles. The molecule has 25 heavy (non-hydrogen) atoms. The van der Waals surface area contributed by atoms with Crippen molar-refractivity contribution in [3.8, 4) is 0 Å². The number of carbonyl (C=O) groups is 1. The van der Waals surface area contributed by atoms with E-state index in [1.807, 2.05) is 16.9 Å². The van der Waals surface area contributed by atoms with Gasteiger partial charge in [0.1, 0.15) is 0 Å². The first kappa shape index (κ1) is 17.7. The Morgan fingerprint density at radius 2 is 2.12 bits per heavy atom. The maximum Gasteiger partial charge on any atom is 0.224 e. The van der Waals surface area contributed by atoms with Gasteiger partial charge in [0.2, 0.25) is 5.91 Å². The second-order valence-corrected chi connectivity index (χ2v) is 6.68. The summed E-state index contributed by atoms with van der Waals surface area (Å²) in [6.45, 7) is 1.60. The van der Waals surface area contributed by atoms with Gasteiger partial charge in [0.25, 0.3) is 0 Å². The molecule has 1 aromatic heterocycles. The van der Waals surface area contributed by atoms with Gasteiger partial charge in [0, 0.05) is 19.2 Å². The quantitative estimate of drug-likeness (QED) is 0.743. The summed E-state index contributed by atoms with van der Waals surface area (Å²) >= 11 is 0. The molecule has 1 fully saturated rings. The van der Waals surface area contributed by atoms with E-state index in [9.17, 15) is 4.79 Å². The third kappa shape index (κ3) is 6.02. The Balaban J connectivity index is 1.35. The van der Waals surface area contributed by atoms with Gasteiger partial charge in [-0.25, -0.2) is 0 Å². The van der Waals surface area contributed by atoms with Crippen LogP contribution >= 0.6 is 0 Å². The van der Waals surface area contributed by atoms with Gasteiger partial charge >= 0.3 is 0 Å². The molecule has 2 aromatic rings. The molecule has 0 bridgehead atoms. The Hall–Kier alpha value is -2.14. The molecule has 1 aliphatic rings. The topological polar surface area (TPSA) is 56.2 Å². The van der Waals surface area contributed by atoms with Crippen LogP contribution in [0.5, 0.6) is 0 Å². The molecule has 1 amide bonds. The van der Waals surface area contributed by atoms with Gasteiger partial charge in [-0.15, -0.1) is 0 Å². The molecule has 1 saturated heterocycles. The Bertz CT molecular complexity index is 648. The number of carbonyl (C=O) groups excluding carboxylic acids is 1. The van der Waals surface area contributed by atoms with Crippen LogP contribution in [-0.4, -0.2) is 28.4 Å². The fraction of sp³-hybridized carbons (Fsp3) is 0.500. The number of aromatic nitrogens is 2. The monoisotopic (exact) mass is 341 g/mol. The maximum atomic E-state index is 12.1. The van der Waals surface area contributed by atoms with Crippen LogP contribution in [0.1, 0.15) is 44.1 Å². The van der Waals surface area contributed by atoms with Crippen molar-refractivity contribution in [3.63, 3.8) is 0 Å². The minimum Gasteiger partial charge on any atom is -0.376 e. The van der Waals surface area contributed by atoms with Crippen molar-refractivity contribution < 1.29 is 9.53 Å². The molecule has 134 valence electrons. The maximum absolute atomic E-state index is 12.1. The van der Waals surface area contributed by atoms with Crippen LogP contribution in [0.4, 0.5) is 5.69 Å². The zero-order valence-corrected chi connectivity index (χ0v) is 14.7. The first-order valence-corrected chi connectivity index (χ1v) is 9.27. The first-order chi connectivity index (χ1) is 12.3. The molecule has 0 spiro atoms. The van der Waals surface area contributed by atoms with Crippen molar-refractivity contribution >= 4 is 11.6 Å². The number of ether oxygens (including phenoxy) is 1. The SMILES string of the molecule is O=C(CCCCc1ccccc1)Nc1cnn(CC2CCCCO2)c1. The highest BCUT2D eigenvalue weighted by molar-refractivity contribution is 5.90. The summed E-state index contributed by atoms with van der Waals surface area (Å²) in [6, 6.07) is 10.4. The highest BCUT2D eigenvalue weighted by Gasteiger charge is 2.15. The average molecular weight is 341 g/mol. The van der Waals surface area contributed by atoms with Crippen molar-refractivity contribution in [1.29, 1.82) is 0 Å². The van der Waals surface area contributed by atoms with E-state index in [1.54, 1.807) is 6.20 Å². The van der Waals surface area contributed by atoms with Crippen LogP contribution in [0.3, 0.4) is 0 Å². The summed E-state index contributed by atoms with van der Waals surface area (Å²) in [6.07, 6.45) is 10.8. The summed E-state index contributed by atoms with van der Waals surface area (Å²) in [5, 5.41) is 7.26. The second kappa shape index (κ2) is 9.37. The predicted molar refractivity (Wildman–Crippen MR) is 98.4 cm³/mol. The third-order valence-electron chi connectivity index (χ3n) is 4.54. The highest BCUT2D eigenvalue weighted by atomic mass is 16.5. The van der Waals surface area contributed by atoms with Gasteiger partial charge < -0.3 is 10.1 Å². The molecule has 3 rings (SSSR count). The number of nitrogens with zero attached hydrogens (tertiary/aromatic N) is 2. The number of hydrogen-bond donors (Lipinski definition) is 1. The Labute approximate surface area is 149 Å². The summed E-state index contributed by atoms with van der Waals surface area (Å²) in [7, 11) is 0. The fourth-order valence-electron chi connectivity index (χ4n) is 3.17. The fourth-order valence-corrected chi connectivity index (χ4v) is 3.17. The number of rotatable bonds is 8. The molecule has 0 radical (unpaired) electrons. The molecule has 1 N–H and O–H groups in total. The van der Waals surface area contributed by atoms with Crippen molar-refractivity contribution in [2.24, 2.45) is 0 Å². The van der Waals surface area contributed by atoms with Gasteiger partial charge in [0.15, 0.2) is 0 Å². The van der Waals surface area contributed by atoms with Crippen molar-refractivity contribution in [1.82, 2.24) is 9.78 Å². The Kier molecular flexibility index (Phi) is 6.63.